The number of hydrogen-bond acceptors (Lipinski definition) is 8. The maximum absolute atomic E-state index is 12.6. The van der Waals surface area contributed by atoms with E-state index in [1.807, 2.05) is 24.3 Å². The SMILES string of the molecule is CNC(N)Nc1ccccc1-c1ccc(C(=O)NC[C@H](NS(=O)(=O)c2ccccc2)C(=O)O)s1. The van der Waals surface area contributed by atoms with Crippen molar-refractivity contribution in [2.45, 2.75) is 17.2 Å². The molecule has 0 fully saturated rings. The van der Waals surface area contributed by atoms with Gasteiger partial charge in [-0.05, 0) is 37.4 Å². The summed E-state index contributed by atoms with van der Waals surface area (Å²) in [6, 6.07) is 16.7. The zero-order chi connectivity index (χ0) is 24.7. The number of nitrogens with one attached hydrogen (secondary N) is 4. The Labute approximate surface area is 201 Å². The molecule has 3 rings (SSSR count). The van der Waals surface area contributed by atoms with Crippen molar-refractivity contribution in [2.75, 3.05) is 18.9 Å². The lowest BCUT2D eigenvalue weighted by Gasteiger charge is -2.16. The molecule has 0 radical (unpaired) electrons. The molecule has 0 saturated heterocycles. The zero-order valence-corrected chi connectivity index (χ0v) is 19.8. The van der Waals surface area contributed by atoms with Crippen LogP contribution in [0.5, 0.6) is 0 Å². The summed E-state index contributed by atoms with van der Waals surface area (Å²) < 4.78 is 27.0. The van der Waals surface area contributed by atoms with Gasteiger partial charge in [-0.1, -0.05) is 36.4 Å². The van der Waals surface area contributed by atoms with Crippen LogP contribution in [0, 0.1) is 0 Å². The second-order valence-electron chi connectivity index (χ2n) is 7.16. The predicted octanol–water partition coefficient (Wildman–Crippen LogP) is 1.45. The molecule has 0 aliphatic rings. The van der Waals surface area contributed by atoms with Crippen molar-refractivity contribution >= 4 is 38.9 Å². The number of carboxylic acids is 1. The lowest BCUT2D eigenvalue weighted by atomic mass is 10.1. The molecule has 180 valence electrons. The van der Waals surface area contributed by atoms with Crippen molar-refractivity contribution in [3.8, 4) is 10.4 Å². The molecule has 1 unspecified atom stereocenters. The molecule has 2 atom stereocenters. The minimum Gasteiger partial charge on any atom is -0.480 e. The number of carbonyl (C=O) groups is 2. The van der Waals surface area contributed by atoms with Gasteiger partial charge in [0.05, 0.1) is 9.77 Å². The Morgan fingerprint density at radius 3 is 2.38 bits per heavy atom. The third kappa shape index (κ3) is 6.40. The smallest absolute Gasteiger partial charge is 0.323 e. The van der Waals surface area contributed by atoms with Crippen LogP contribution in [-0.4, -0.2) is 51.3 Å². The maximum atomic E-state index is 12.6. The monoisotopic (exact) mass is 503 g/mol. The highest BCUT2D eigenvalue weighted by Gasteiger charge is 2.26. The van der Waals surface area contributed by atoms with E-state index in [2.05, 4.69) is 20.7 Å². The van der Waals surface area contributed by atoms with Gasteiger partial charge in [-0.3, -0.25) is 20.6 Å². The van der Waals surface area contributed by atoms with Gasteiger partial charge in [-0.2, -0.15) is 4.72 Å². The second-order valence-corrected chi connectivity index (χ2v) is 9.95. The van der Waals surface area contributed by atoms with E-state index in [-0.39, 0.29) is 4.90 Å². The highest BCUT2D eigenvalue weighted by molar-refractivity contribution is 7.89. The van der Waals surface area contributed by atoms with E-state index >= 15 is 0 Å². The number of thiophene rings is 1. The van der Waals surface area contributed by atoms with E-state index in [0.717, 1.165) is 16.1 Å². The van der Waals surface area contributed by atoms with Crippen LogP contribution in [0.3, 0.4) is 0 Å². The largest absolute Gasteiger partial charge is 0.480 e. The Morgan fingerprint density at radius 2 is 1.71 bits per heavy atom. The van der Waals surface area contributed by atoms with Crippen LogP contribution in [0.2, 0.25) is 0 Å². The summed E-state index contributed by atoms with van der Waals surface area (Å²) in [5, 5.41) is 18.0. The molecule has 0 aliphatic heterocycles. The molecule has 0 saturated carbocycles. The van der Waals surface area contributed by atoms with E-state index in [1.54, 1.807) is 25.2 Å². The van der Waals surface area contributed by atoms with Crippen LogP contribution in [0.15, 0.2) is 71.6 Å². The number of carbonyl (C=O) groups excluding carboxylic acids is 1. The van der Waals surface area contributed by atoms with E-state index < -0.39 is 40.8 Å². The summed E-state index contributed by atoms with van der Waals surface area (Å²) in [6.45, 7) is -0.428. The summed E-state index contributed by atoms with van der Waals surface area (Å²) in [5.74, 6) is -1.92. The third-order valence-electron chi connectivity index (χ3n) is 4.76. The molecule has 34 heavy (non-hydrogen) atoms. The molecule has 1 heterocycles. The fraction of sp³-hybridized carbons (Fsp3) is 0.182. The van der Waals surface area contributed by atoms with Gasteiger partial charge < -0.3 is 15.7 Å². The Hall–Kier alpha value is -3.29. The summed E-state index contributed by atoms with van der Waals surface area (Å²) >= 11 is 1.21. The van der Waals surface area contributed by atoms with E-state index in [4.69, 9.17) is 5.73 Å². The minimum absolute atomic E-state index is 0.0688. The lowest BCUT2D eigenvalue weighted by molar-refractivity contribution is -0.138. The average Bonchev–Trinajstić information content (AvgIpc) is 3.32. The minimum atomic E-state index is -4.07. The lowest BCUT2D eigenvalue weighted by Crippen LogP contribution is -2.48. The molecule has 2 aromatic carbocycles. The highest BCUT2D eigenvalue weighted by Crippen LogP contribution is 2.33. The first-order valence-electron chi connectivity index (χ1n) is 10.2. The summed E-state index contributed by atoms with van der Waals surface area (Å²) in [5.41, 5.74) is 7.52. The van der Waals surface area contributed by atoms with Crippen LogP contribution in [0.4, 0.5) is 5.69 Å². The maximum Gasteiger partial charge on any atom is 0.323 e. The van der Waals surface area contributed by atoms with Gasteiger partial charge >= 0.3 is 5.97 Å². The molecule has 0 spiro atoms. The third-order valence-corrected chi connectivity index (χ3v) is 7.36. The predicted molar refractivity (Wildman–Crippen MR) is 131 cm³/mol. The number of aliphatic carboxylic acids is 1. The van der Waals surface area contributed by atoms with Gasteiger partial charge in [0.1, 0.15) is 12.3 Å². The van der Waals surface area contributed by atoms with Crippen LogP contribution in [0.1, 0.15) is 9.67 Å². The van der Waals surface area contributed by atoms with Crippen LogP contribution in [-0.2, 0) is 14.8 Å². The zero-order valence-electron chi connectivity index (χ0n) is 18.2. The van der Waals surface area contributed by atoms with Gasteiger partial charge in [-0.15, -0.1) is 11.3 Å². The highest BCUT2D eigenvalue weighted by atomic mass is 32.2. The molecule has 3 aromatic rings. The van der Waals surface area contributed by atoms with Crippen molar-refractivity contribution in [1.82, 2.24) is 15.4 Å². The quantitative estimate of drug-likeness (QED) is 0.214. The van der Waals surface area contributed by atoms with Gasteiger partial charge in [0.25, 0.3) is 5.91 Å². The Morgan fingerprint density at radius 1 is 1.03 bits per heavy atom. The average molecular weight is 504 g/mol. The fourth-order valence-electron chi connectivity index (χ4n) is 2.98. The fourth-order valence-corrected chi connectivity index (χ4v) is 5.16. The van der Waals surface area contributed by atoms with Gasteiger partial charge in [-0.25, -0.2) is 8.42 Å². The van der Waals surface area contributed by atoms with Crippen molar-refractivity contribution in [1.29, 1.82) is 0 Å². The normalized spacial score (nSPS) is 13.1. The van der Waals surface area contributed by atoms with Crippen LogP contribution in [0.25, 0.3) is 10.4 Å². The Bertz CT molecular complexity index is 1250. The first-order valence-corrected chi connectivity index (χ1v) is 12.5. The number of rotatable bonds is 11. The number of sulfonamides is 1. The number of carboxylic acid groups (broad SMARTS) is 1. The number of hydrogen-bond donors (Lipinski definition) is 6. The summed E-state index contributed by atoms with van der Waals surface area (Å²) in [7, 11) is -2.35. The first-order chi connectivity index (χ1) is 16.2. The van der Waals surface area contributed by atoms with Crippen molar-refractivity contribution in [3.63, 3.8) is 0 Å². The Kier molecular flexibility index (Phi) is 8.36. The molecular weight excluding hydrogens is 478 g/mol. The van der Waals surface area contributed by atoms with E-state index in [0.29, 0.717) is 4.88 Å². The van der Waals surface area contributed by atoms with Gasteiger partial charge in [0.15, 0.2) is 0 Å². The molecule has 1 aromatic heterocycles. The van der Waals surface area contributed by atoms with Crippen molar-refractivity contribution in [2.24, 2.45) is 5.73 Å². The summed E-state index contributed by atoms with van der Waals surface area (Å²) in [6.07, 6.45) is -0.462. The number of anilines is 1. The molecule has 10 nitrogen and oxygen atoms in total. The van der Waals surface area contributed by atoms with Gasteiger partial charge in [0, 0.05) is 22.7 Å². The topological polar surface area (TPSA) is 163 Å². The number of para-hydroxylation sites is 1. The number of benzene rings is 2. The van der Waals surface area contributed by atoms with Gasteiger partial charge in [0.2, 0.25) is 10.0 Å². The number of amides is 1. The van der Waals surface area contributed by atoms with E-state index in [1.165, 1.54) is 35.6 Å². The molecule has 0 bridgehead atoms. The molecule has 12 heteroatoms. The molecular formula is C22H25N5O5S2. The summed E-state index contributed by atoms with van der Waals surface area (Å²) in [4.78, 5) is 25.3. The van der Waals surface area contributed by atoms with Crippen LogP contribution >= 0.6 is 11.3 Å². The molecule has 1 amide bonds. The van der Waals surface area contributed by atoms with E-state index in [9.17, 15) is 23.1 Å². The second kappa shape index (κ2) is 11.2. The first kappa shape index (κ1) is 25.3. The van der Waals surface area contributed by atoms with Crippen LogP contribution < -0.4 is 26.4 Å². The van der Waals surface area contributed by atoms with Crippen molar-refractivity contribution < 1.29 is 23.1 Å². The number of nitrogens with two attached hydrogens (primary N) is 1. The standard InChI is InChI=1S/C22H25N5O5S2/c1-24-22(23)26-16-10-6-5-9-15(16)18-11-12-19(33-18)20(28)25-13-17(21(29)30)27-34(31,32)14-7-3-2-4-8-14/h2-12,17,22,24,26-27H,13,23H2,1H3,(H,25,28)(H,29,30)/t17-,22?/m0/s1. The molecule has 0 aliphatic carbocycles. The molecule has 7 N–H and O–H groups in total. The van der Waals surface area contributed by atoms with Crippen molar-refractivity contribution in [3.05, 3.63) is 71.6 Å². The Balaban J connectivity index is 1.69.